The van der Waals surface area contributed by atoms with Crippen LogP contribution in [0.5, 0.6) is 0 Å². The van der Waals surface area contributed by atoms with E-state index in [1.54, 1.807) is 41.5 Å². The number of nitrogens with one attached hydrogen (secondary N) is 2. The van der Waals surface area contributed by atoms with Crippen LogP contribution in [0.2, 0.25) is 0 Å². The summed E-state index contributed by atoms with van der Waals surface area (Å²) < 4.78 is 16.4. The third-order valence-electron chi connectivity index (χ3n) is 4.83. The van der Waals surface area contributed by atoms with Crippen LogP contribution in [0.15, 0.2) is 0 Å². The molecule has 47 heavy (non-hydrogen) atoms. The van der Waals surface area contributed by atoms with Gasteiger partial charge in [0.05, 0.1) is 5.33 Å². The Labute approximate surface area is 314 Å². The highest BCUT2D eigenvalue weighted by molar-refractivity contribution is 9.09. The Hall–Kier alpha value is -0.960. The minimum atomic E-state index is -1.75. The number of ether oxygens (including phenoxy) is 4. The zero-order chi connectivity index (χ0) is 37.2. The summed E-state index contributed by atoms with van der Waals surface area (Å²) in [7, 11) is 0. The van der Waals surface area contributed by atoms with Gasteiger partial charge in [-0.3, -0.25) is 4.79 Å². The molecule has 0 aromatic heterocycles. The fourth-order valence-electron chi connectivity index (χ4n) is 3.03. The van der Waals surface area contributed by atoms with Crippen LogP contribution in [-0.2, 0) is 38.1 Å². The lowest BCUT2D eigenvalue weighted by Crippen LogP contribution is -2.44. The van der Waals surface area contributed by atoms with E-state index in [0.717, 1.165) is 0 Å². The van der Waals surface area contributed by atoms with E-state index < -0.39 is 68.2 Å². The van der Waals surface area contributed by atoms with Gasteiger partial charge in [-0.15, -0.1) is 0 Å². The molecule has 0 aliphatic carbocycles. The number of alkyl halides is 7. The van der Waals surface area contributed by atoms with Crippen LogP contribution in [0.3, 0.4) is 0 Å². The van der Waals surface area contributed by atoms with Crippen molar-refractivity contribution < 1.29 is 47.7 Å². The molecular weight excluding hydrogens is 817 g/mol. The number of alkyl carbamates (subject to hydrolysis) is 2. The predicted molar refractivity (Wildman–Crippen MR) is 186 cm³/mol. The number of esters is 2. The number of hydrogen-bond donors (Lipinski definition) is 2. The van der Waals surface area contributed by atoms with Crippen LogP contribution >= 0.6 is 85.5 Å². The number of Topliss-reactive ketones (excluding diaryl/α,β-unsaturated/α-hetero) is 2. The maximum atomic E-state index is 12.1. The van der Waals surface area contributed by atoms with Crippen molar-refractivity contribution in [3.05, 3.63) is 0 Å². The first-order chi connectivity index (χ1) is 21.1. The SMILES string of the molecule is CC(=O)CCC[C@@H](NC(=O)OC(C)(C)C)C(=O)OCC(Cl)(Cl)Cl.CC(C)(C)OC(=O)N[C@H](CCCC(=O)CBr)C(=O)OCC(Cl)(Cl)Cl. The lowest BCUT2D eigenvalue weighted by Gasteiger charge is -2.23. The second-order valence-electron chi connectivity index (χ2n) is 12.0. The van der Waals surface area contributed by atoms with E-state index in [-0.39, 0.29) is 42.6 Å². The summed E-state index contributed by atoms with van der Waals surface area (Å²) in [6, 6.07) is -1.99. The Morgan fingerprint density at radius 3 is 1.26 bits per heavy atom. The van der Waals surface area contributed by atoms with Gasteiger partial charge in [0.1, 0.15) is 48.1 Å². The third kappa shape index (κ3) is 32.0. The summed E-state index contributed by atoms with van der Waals surface area (Å²) in [5.41, 5.74) is -1.43. The minimum Gasteiger partial charge on any atom is -0.460 e. The molecule has 274 valence electrons. The summed E-state index contributed by atoms with van der Waals surface area (Å²) >= 11 is 36.2. The number of amides is 2. The van der Waals surface area contributed by atoms with Crippen LogP contribution in [0.4, 0.5) is 9.59 Å². The van der Waals surface area contributed by atoms with E-state index in [4.69, 9.17) is 88.6 Å². The van der Waals surface area contributed by atoms with E-state index in [9.17, 15) is 28.8 Å². The summed E-state index contributed by atoms with van der Waals surface area (Å²) in [5.74, 6) is -1.56. The number of ketones is 2. The van der Waals surface area contributed by atoms with Crippen molar-refractivity contribution in [1.82, 2.24) is 10.6 Å². The smallest absolute Gasteiger partial charge is 0.408 e. The zero-order valence-electron chi connectivity index (χ0n) is 27.2. The average Bonchev–Trinajstić information content (AvgIpc) is 2.86. The number of rotatable bonds is 15. The highest BCUT2D eigenvalue weighted by atomic mass is 79.9. The van der Waals surface area contributed by atoms with Crippen molar-refractivity contribution in [1.29, 1.82) is 0 Å². The molecule has 0 bridgehead atoms. The summed E-state index contributed by atoms with van der Waals surface area (Å²) in [6.45, 7) is 10.7. The van der Waals surface area contributed by atoms with E-state index >= 15 is 0 Å². The Morgan fingerprint density at radius 2 is 0.979 bits per heavy atom. The van der Waals surface area contributed by atoms with E-state index in [1.165, 1.54) is 6.92 Å². The Kier molecular flexibility index (Phi) is 23.3. The van der Waals surface area contributed by atoms with Crippen LogP contribution in [0.25, 0.3) is 0 Å². The van der Waals surface area contributed by atoms with Crippen molar-refractivity contribution in [2.24, 2.45) is 0 Å². The van der Waals surface area contributed by atoms with Gasteiger partial charge in [-0.2, -0.15) is 0 Å². The minimum absolute atomic E-state index is 0.0133. The summed E-state index contributed by atoms with van der Waals surface area (Å²) in [5, 5.41) is 5.05. The normalized spacial score (nSPS) is 13.1. The number of hydrogen-bond acceptors (Lipinski definition) is 10. The molecule has 0 radical (unpaired) electrons. The molecule has 19 heteroatoms. The van der Waals surface area contributed by atoms with Crippen molar-refractivity contribution in [3.8, 4) is 0 Å². The van der Waals surface area contributed by atoms with Crippen LogP contribution < -0.4 is 10.6 Å². The quantitative estimate of drug-likeness (QED) is 0.0959. The molecule has 0 rings (SSSR count). The van der Waals surface area contributed by atoms with Gasteiger partial charge in [-0.05, 0) is 74.1 Å². The summed E-state index contributed by atoms with van der Waals surface area (Å²) in [6.07, 6.45) is 0.182. The van der Waals surface area contributed by atoms with Crippen LogP contribution in [-0.4, -0.2) is 85.1 Å². The topological polar surface area (TPSA) is 163 Å². The first-order valence-corrected chi connectivity index (χ1v) is 17.6. The first kappa shape index (κ1) is 48.2. The highest BCUT2D eigenvalue weighted by Gasteiger charge is 2.30. The predicted octanol–water partition coefficient (Wildman–Crippen LogP) is 7.48. The molecule has 12 nitrogen and oxygen atoms in total. The summed E-state index contributed by atoms with van der Waals surface area (Å²) in [4.78, 5) is 70.0. The molecule has 0 spiro atoms. The molecule has 0 aliphatic rings. The fourth-order valence-corrected chi connectivity index (χ4v) is 3.64. The molecule has 0 aliphatic heterocycles. The lowest BCUT2D eigenvalue weighted by molar-refractivity contribution is -0.147. The van der Waals surface area contributed by atoms with Gasteiger partial charge >= 0.3 is 24.1 Å². The molecule has 0 fully saturated rings. The number of carbonyl (C=O) groups excluding carboxylic acids is 6. The molecule has 0 unspecified atom stereocenters. The van der Waals surface area contributed by atoms with Crippen molar-refractivity contribution in [2.45, 2.75) is 118 Å². The average molecular weight is 860 g/mol. The van der Waals surface area contributed by atoms with Crippen molar-refractivity contribution in [2.75, 3.05) is 18.5 Å². The second kappa shape index (κ2) is 22.7. The fraction of sp³-hybridized carbons (Fsp3) is 0.786. The number of halogens is 7. The Morgan fingerprint density at radius 1 is 0.638 bits per heavy atom. The Balaban J connectivity index is 0. The molecular formula is C28H43BrCl6N2O10. The van der Waals surface area contributed by atoms with Gasteiger partial charge in [0.15, 0.2) is 0 Å². The van der Waals surface area contributed by atoms with Crippen molar-refractivity contribution in [3.63, 3.8) is 0 Å². The molecule has 0 aromatic carbocycles. The standard InChI is InChI=1S/C14H21BrCl3NO5.C14H22Cl3NO5/c1-13(2,3)24-12(22)19-10(6-4-5-9(20)7-15)11(21)23-8-14(16,17)18;1-9(19)6-5-7-10(11(20)22-8-14(15,16)17)18-12(21)23-13(2,3)4/h10H,4-8H2,1-3H3,(H,19,22);10H,5-8H2,1-4H3,(H,18,21)/t2*10-/m11/s1. The molecule has 2 atom stereocenters. The molecule has 2 N–H and O–H groups in total. The molecule has 0 saturated carbocycles. The largest absolute Gasteiger partial charge is 0.460 e. The van der Waals surface area contributed by atoms with Gasteiger partial charge in [-0.25, -0.2) is 19.2 Å². The van der Waals surface area contributed by atoms with E-state index in [1.807, 2.05) is 0 Å². The van der Waals surface area contributed by atoms with Crippen molar-refractivity contribution >= 4 is 121 Å². The van der Waals surface area contributed by atoms with Gasteiger partial charge in [-0.1, -0.05) is 85.5 Å². The zero-order valence-corrected chi connectivity index (χ0v) is 33.4. The highest BCUT2D eigenvalue weighted by Crippen LogP contribution is 2.27. The van der Waals surface area contributed by atoms with Gasteiger partial charge in [0, 0.05) is 12.8 Å². The maximum Gasteiger partial charge on any atom is 0.408 e. The first-order valence-electron chi connectivity index (χ1n) is 14.2. The molecule has 2 amide bonds. The van der Waals surface area contributed by atoms with Crippen LogP contribution in [0, 0.1) is 0 Å². The Bertz CT molecular complexity index is 1040. The van der Waals surface area contributed by atoms with Crippen LogP contribution in [0.1, 0.15) is 87.0 Å². The lowest BCUT2D eigenvalue weighted by atomic mass is 10.1. The monoisotopic (exact) mass is 856 g/mol. The van der Waals surface area contributed by atoms with Gasteiger partial charge < -0.3 is 34.4 Å². The number of carbonyl (C=O) groups is 6. The maximum absolute atomic E-state index is 12.1. The third-order valence-corrected chi connectivity index (χ3v) is 6.11. The van der Waals surface area contributed by atoms with Gasteiger partial charge in [0.25, 0.3) is 0 Å². The molecule has 0 heterocycles. The van der Waals surface area contributed by atoms with E-state index in [0.29, 0.717) is 12.8 Å². The second-order valence-corrected chi connectivity index (χ2v) is 17.6. The molecule has 0 aromatic rings. The molecule has 0 saturated heterocycles. The van der Waals surface area contributed by atoms with Gasteiger partial charge in [0.2, 0.25) is 7.59 Å². The van der Waals surface area contributed by atoms with E-state index in [2.05, 4.69) is 26.6 Å².